The molecule has 4 aromatic rings. The Morgan fingerprint density at radius 2 is 1.48 bits per heavy atom. The zero-order valence-electron chi connectivity index (χ0n) is 16.1. The predicted molar refractivity (Wildman–Crippen MR) is 119 cm³/mol. The Labute approximate surface area is 167 Å². The molecule has 142 valence electrons. The fraction of sp³-hybridized carbons (Fsp3) is 0.333. The lowest BCUT2D eigenvalue weighted by molar-refractivity contribution is 0.148. The van der Waals surface area contributed by atoms with E-state index in [9.17, 15) is 5.11 Å². The predicted octanol–water partition coefficient (Wildman–Crippen LogP) is 5.89. The Morgan fingerprint density at radius 1 is 0.852 bits per heavy atom. The van der Waals surface area contributed by atoms with Gasteiger partial charge in [-0.05, 0) is 62.7 Å². The van der Waals surface area contributed by atoms with Crippen molar-refractivity contribution in [1.29, 1.82) is 0 Å². The molecule has 0 saturated heterocycles. The van der Waals surface area contributed by atoms with Crippen LogP contribution >= 0.6 is 12.4 Å². The zero-order chi connectivity index (χ0) is 18.1. The first-order chi connectivity index (χ1) is 12.6. The zero-order valence-corrected chi connectivity index (χ0v) is 16.9. The summed E-state index contributed by atoms with van der Waals surface area (Å²) in [5.41, 5.74) is 1.38. The molecule has 0 unspecified atom stereocenters. The Bertz CT molecular complexity index is 1020. The molecule has 0 heterocycles. The summed E-state index contributed by atoms with van der Waals surface area (Å²) < 4.78 is 0. The highest BCUT2D eigenvalue weighted by Crippen LogP contribution is 2.35. The molecule has 4 aromatic carbocycles. The van der Waals surface area contributed by atoms with Crippen molar-refractivity contribution in [2.75, 3.05) is 13.2 Å². The normalized spacial score (nSPS) is 12.1. The molecule has 2 N–H and O–H groups in total. The molecule has 0 saturated carbocycles. The Kier molecular flexibility index (Phi) is 5.90. The van der Waals surface area contributed by atoms with Crippen LogP contribution in [0.2, 0.25) is 0 Å². The van der Waals surface area contributed by atoms with Crippen molar-refractivity contribution in [3.8, 4) is 0 Å². The van der Waals surface area contributed by atoms with E-state index in [1.54, 1.807) is 0 Å². The Hall–Kier alpha value is -1.87. The van der Waals surface area contributed by atoms with E-state index < -0.39 is 0 Å². The molecular formula is C24H28ClNO. The van der Waals surface area contributed by atoms with E-state index in [4.69, 9.17) is 0 Å². The smallest absolute Gasteiger partial charge is 0.0482 e. The quantitative estimate of drug-likeness (QED) is 0.309. The molecule has 0 aliphatic rings. The van der Waals surface area contributed by atoms with Crippen molar-refractivity contribution >= 4 is 44.7 Å². The largest absolute Gasteiger partial charge is 0.396 e. The first-order valence-corrected chi connectivity index (χ1v) is 9.56. The van der Waals surface area contributed by atoms with Gasteiger partial charge in [0.1, 0.15) is 0 Å². The minimum Gasteiger partial charge on any atom is -0.396 e. The van der Waals surface area contributed by atoms with Gasteiger partial charge in [0, 0.05) is 13.2 Å². The van der Waals surface area contributed by atoms with Crippen LogP contribution in [0.25, 0.3) is 32.3 Å². The summed E-state index contributed by atoms with van der Waals surface area (Å²) in [6, 6.07) is 20.0. The molecule has 0 aliphatic heterocycles. The van der Waals surface area contributed by atoms with Crippen LogP contribution in [-0.2, 0) is 6.54 Å². The van der Waals surface area contributed by atoms with Gasteiger partial charge in [-0.3, -0.25) is 0 Å². The molecule has 0 fully saturated rings. The Balaban J connectivity index is 0.00000210. The van der Waals surface area contributed by atoms with Gasteiger partial charge in [0.25, 0.3) is 0 Å². The van der Waals surface area contributed by atoms with E-state index in [1.807, 2.05) is 0 Å². The van der Waals surface area contributed by atoms with Crippen molar-refractivity contribution in [1.82, 2.24) is 5.32 Å². The molecule has 0 amide bonds. The summed E-state index contributed by atoms with van der Waals surface area (Å²) in [5, 5.41) is 21.0. The van der Waals surface area contributed by atoms with Gasteiger partial charge < -0.3 is 10.4 Å². The van der Waals surface area contributed by atoms with Gasteiger partial charge in [-0.1, -0.05) is 68.4 Å². The third kappa shape index (κ3) is 3.89. The fourth-order valence-electron chi connectivity index (χ4n) is 3.94. The highest BCUT2D eigenvalue weighted by atomic mass is 35.5. The summed E-state index contributed by atoms with van der Waals surface area (Å²) in [6.45, 7) is 6.35. The van der Waals surface area contributed by atoms with Crippen molar-refractivity contribution in [3.05, 3.63) is 60.2 Å². The van der Waals surface area contributed by atoms with Gasteiger partial charge in [-0.15, -0.1) is 12.4 Å². The molecule has 3 heteroatoms. The van der Waals surface area contributed by atoms with Crippen LogP contribution < -0.4 is 5.32 Å². The Morgan fingerprint density at radius 3 is 2.19 bits per heavy atom. The summed E-state index contributed by atoms with van der Waals surface area (Å²) in [5.74, 6) is 0. The second-order valence-electron chi connectivity index (χ2n) is 8.18. The van der Waals surface area contributed by atoms with Gasteiger partial charge in [-0.25, -0.2) is 0 Å². The van der Waals surface area contributed by atoms with Gasteiger partial charge >= 0.3 is 0 Å². The first kappa shape index (κ1) is 19.9. The molecule has 0 spiro atoms. The van der Waals surface area contributed by atoms with E-state index >= 15 is 0 Å². The molecule has 0 radical (unpaired) electrons. The lowest BCUT2D eigenvalue weighted by atomic mass is 9.89. The van der Waals surface area contributed by atoms with Gasteiger partial charge in [0.2, 0.25) is 0 Å². The second kappa shape index (κ2) is 8.02. The van der Waals surface area contributed by atoms with Crippen molar-refractivity contribution < 1.29 is 5.11 Å². The lowest BCUT2D eigenvalue weighted by Gasteiger charge is -2.21. The third-order valence-corrected chi connectivity index (χ3v) is 5.57. The highest BCUT2D eigenvalue weighted by molar-refractivity contribution is 6.23. The number of rotatable bonds is 7. The lowest BCUT2D eigenvalue weighted by Crippen LogP contribution is -2.21. The van der Waals surface area contributed by atoms with Crippen LogP contribution in [0.15, 0.2) is 54.6 Å². The maximum atomic E-state index is 9.36. The molecule has 0 aromatic heterocycles. The molecular weight excluding hydrogens is 354 g/mol. The monoisotopic (exact) mass is 381 g/mol. The molecule has 2 nitrogen and oxygen atoms in total. The third-order valence-electron chi connectivity index (χ3n) is 5.57. The minimum atomic E-state index is 0. The van der Waals surface area contributed by atoms with Crippen LogP contribution in [0.5, 0.6) is 0 Å². The van der Waals surface area contributed by atoms with Crippen LogP contribution in [0, 0.1) is 5.41 Å². The van der Waals surface area contributed by atoms with E-state index in [1.165, 1.54) is 37.9 Å². The van der Waals surface area contributed by atoms with Gasteiger partial charge in [0.05, 0.1) is 0 Å². The van der Waals surface area contributed by atoms with Crippen LogP contribution in [0.4, 0.5) is 0 Å². The SMILES string of the molecule is CC(C)(CO)CCCNCc1ccc2ccc3cccc4ccc1c2c34.Cl. The number of aliphatic hydroxyl groups excluding tert-OH is 1. The topological polar surface area (TPSA) is 32.3 Å². The summed E-state index contributed by atoms with van der Waals surface area (Å²) in [4.78, 5) is 0. The maximum absolute atomic E-state index is 9.36. The molecule has 0 bridgehead atoms. The average molecular weight is 382 g/mol. The molecule has 4 rings (SSSR count). The first-order valence-electron chi connectivity index (χ1n) is 9.56. The van der Waals surface area contributed by atoms with Crippen molar-refractivity contribution in [3.63, 3.8) is 0 Å². The van der Waals surface area contributed by atoms with E-state index in [0.717, 1.165) is 25.9 Å². The van der Waals surface area contributed by atoms with E-state index in [-0.39, 0.29) is 24.4 Å². The van der Waals surface area contributed by atoms with Crippen LogP contribution in [-0.4, -0.2) is 18.3 Å². The average Bonchev–Trinajstić information content (AvgIpc) is 2.66. The standard InChI is InChI=1S/C24H27NO.ClH/c1-24(2,16-26)13-4-14-25-15-20-10-9-19-8-7-17-5-3-6-18-11-12-21(20)23(19)22(17)18;/h3,5-12,25-26H,4,13-16H2,1-2H3;1H. The van der Waals surface area contributed by atoms with E-state index in [0.29, 0.717) is 0 Å². The molecule has 27 heavy (non-hydrogen) atoms. The fourth-order valence-corrected chi connectivity index (χ4v) is 3.94. The highest BCUT2D eigenvalue weighted by Gasteiger charge is 2.15. The van der Waals surface area contributed by atoms with Crippen molar-refractivity contribution in [2.24, 2.45) is 5.41 Å². The number of hydrogen-bond acceptors (Lipinski definition) is 2. The second-order valence-corrected chi connectivity index (χ2v) is 8.18. The van der Waals surface area contributed by atoms with E-state index in [2.05, 4.69) is 73.8 Å². The summed E-state index contributed by atoms with van der Waals surface area (Å²) in [7, 11) is 0. The number of hydrogen-bond donors (Lipinski definition) is 2. The number of benzene rings is 4. The molecule has 0 aliphatic carbocycles. The number of halogens is 1. The van der Waals surface area contributed by atoms with Crippen molar-refractivity contribution in [2.45, 2.75) is 33.2 Å². The van der Waals surface area contributed by atoms with Gasteiger partial charge in [0.15, 0.2) is 0 Å². The molecule has 0 atom stereocenters. The van der Waals surface area contributed by atoms with Gasteiger partial charge in [-0.2, -0.15) is 0 Å². The van der Waals surface area contributed by atoms with Crippen LogP contribution in [0.1, 0.15) is 32.3 Å². The van der Waals surface area contributed by atoms with Crippen LogP contribution in [0.3, 0.4) is 0 Å². The summed E-state index contributed by atoms with van der Waals surface area (Å²) in [6.07, 6.45) is 2.12. The number of aliphatic hydroxyl groups is 1. The summed E-state index contributed by atoms with van der Waals surface area (Å²) >= 11 is 0. The minimum absolute atomic E-state index is 0. The number of nitrogens with one attached hydrogen (secondary N) is 1. The maximum Gasteiger partial charge on any atom is 0.0482 e.